The Morgan fingerprint density at radius 3 is 2.41 bits per heavy atom. The Morgan fingerprint density at radius 1 is 1.18 bits per heavy atom. The van der Waals surface area contributed by atoms with Gasteiger partial charge in [0.15, 0.2) is 0 Å². The second-order valence-electron chi connectivity index (χ2n) is 4.72. The van der Waals surface area contributed by atoms with E-state index in [0.717, 1.165) is 23.8 Å². The molecule has 22 heavy (non-hydrogen) atoms. The summed E-state index contributed by atoms with van der Waals surface area (Å²) >= 11 is 0. The molecule has 0 radical (unpaired) electrons. The minimum atomic E-state index is -3.93. The maximum absolute atomic E-state index is 12.3. The van der Waals surface area contributed by atoms with Crippen LogP contribution >= 0.6 is 0 Å². The van der Waals surface area contributed by atoms with Crippen molar-refractivity contribution >= 4 is 16.0 Å². The first-order valence-electron chi connectivity index (χ1n) is 6.43. The second kappa shape index (κ2) is 6.17. The van der Waals surface area contributed by atoms with Gasteiger partial charge in [0, 0.05) is 6.04 Å². The number of hydrogen-bond acceptors (Lipinski definition) is 4. The first kappa shape index (κ1) is 16.0. The van der Waals surface area contributed by atoms with Gasteiger partial charge in [-0.1, -0.05) is 42.1 Å². The van der Waals surface area contributed by atoms with Gasteiger partial charge in [-0.3, -0.25) is 0 Å². The maximum atomic E-state index is 12.3. The van der Waals surface area contributed by atoms with E-state index >= 15 is 0 Å². The van der Waals surface area contributed by atoms with Crippen LogP contribution in [-0.4, -0.2) is 19.5 Å². The fourth-order valence-electron chi connectivity index (χ4n) is 1.95. The predicted octanol–water partition coefficient (Wildman–Crippen LogP) is 1.50. The number of nitrogens with one attached hydrogen (secondary N) is 1. The van der Waals surface area contributed by atoms with Crippen LogP contribution in [0.25, 0.3) is 0 Å². The molecule has 0 aliphatic carbocycles. The van der Waals surface area contributed by atoms with Crippen molar-refractivity contribution in [3.8, 4) is 5.75 Å². The Morgan fingerprint density at radius 2 is 1.82 bits per heavy atom. The molecule has 2 N–H and O–H groups in total. The van der Waals surface area contributed by atoms with Gasteiger partial charge >= 0.3 is 5.97 Å². The van der Waals surface area contributed by atoms with Crippen molar-refractivity contribution in [1.82, 2.24) is 4.72 Å². The van der Waals surface area contributed by atoms with Crippen LogP contribution in [0, 0.1) is 0 Å². The van der Waals surface area contributed by atoms with E-state index in [-0.39, 0.29) is 4.90 Å². The molecule has 2 rings (SSSR count). The molecule has 7 heteroatoms. The lowest BCUT2D eigenvalue weighted by Crippen LogP contribution is -2.27. The van der Waals surface area contributed by atoms with E-state index in [2.05, 4.69) is 4.72 Å². The molecule has 116 valence electrons. The highest BCUT2D eigenvalue weighted by atomic mass is 32.2. The molecule has 0 bridgehead atoms. The minimum Gasteiger partial charge on any atom is -0.872 e. The summed E-state index contributed by atoms with van der Waals surface area (Å²) in [6, 6.07) is 11.3. The fourth-order valence-corrected chi connectivity index (χ4v) is 3.21. The molecule has 6 nitrogen and oxygen atoms in total. The quantitative estimate of drug-likeness (QED) is 0.868. The predicted molar refractivity (Wildman–Crippen MR) is 78.0 cm³/mol. The SMILES string of the molecule is C[C@@H](NS(=O)(=O)c1ccc([O-])c(C(=O)O)c1)c1ccccc1. The summed E-state index contributed by atoms with van der Waals surface area (Å²) in [6.45, 7) is 1.67. The molecule has 0 amide bonds. The van der Waals surface area contributed by atoms with Crippen molar-refractivity contribution in [3.63, 3.8) is 0 Å². The zero-order valence-electron chi connectivity index (χ0n) is 11.7. The van der Waals surface area contributed by atoms with Crippen LogP contribution in [0.1, 0.15) is 28.9 Å². The normalized spacial score (nSPS) is 12.8. The third-order valence-electron chi connectivity index (χ3n) is 3.12. The van der Waals surface area contributed by atoms with E-state index in [4.69, 9.17) is 5.11 Å². The molecular formula is C15H14NO5S-. The van der Waals surface area contributed by atoms with Gasteiger partial charge in [0.05, 0.1) is 10.5 Å². The topological polar surface area (TPSA) is 107 Å². The summed E-state index contributed by atoms with van der Waals surface area (Å²) in [7, 11) is -3.93. The minimum absolute atomic E-state index is 0.257. The lowest BCUT2D eigenvalue weighted by molar-refractivity contribution is -0.268. The molecule has 0 unspecified atom stereocenters. The van der Waals surface area contributed by atoms with Crippen LogP contribution in [0.4, 0.5) is 0 Å². The number of rotatable bonds is 5. The molecule has 0 fully saturated rings. The van der Waals surface area contributed by atoms with Gasteiger partial charge < -0.3 is 10.2 Å². The number of carboxylic acids is 1. The molecule has 0 saturated heterocycles. The molecule has 0 spiro atoms. The van der Waals surface area contributed by atoms with Gasteiger partial charge in [-0.15, -0.1) is 0 Å². The molecular weight excluding hydrogens is 306 g/mol. The monoisotopic (exact) mass is 320 g/mol. The van der Waals surface area contributed by atoms with Crippen molar-refractivity contribution in [1.29, 1.82) is 0 Å². The Balaban J connectivity index is 2.31. The van der Waals surface area contributed by atoms with Gasteiger partial charge in [0.1, 0.15) is 0 Å². The second-order valence-corrected chi connectivity index (χ2v) is 6.43. The number of sulfonamides is 1. The van der Waals surface area contributed by atoms with Crippen molar-refractivity contribution in [2.24, 2.45) is 0 Å². The van der Waals surface area contributed by atoms with Crippen LogP contribution in [0.5, 0.6) is 5.75 Å². The maximum Gasteiger partial charge on any atom is 0.335 e. The third kappa shape index (κ3) is 3.44. The van der Waals surface area contributed by atoms with Crippen LogP contribution in [-0.2, 0) is 10.0 Å². The van der Waals surface area contributed by atoms with Gasteiger partial charge in [0.25, 0.3) is 0 Å². The zero-order chi connectivity index (χ0) is 16.3. The molecule has 0 aliphatic rings. The highest BCUT2D eigenvalue weighted by Crippen LogP contribution is 2.21. The summed E-state index contributed by atoms with van der Waals surface area (Å²) in [4.78, 5) is 10.7. The van der Waals surface area contributed by atoms with Gasteiger partial charge in [-0.05, 0) is 24.6 Å². The van der Waals surface area contributed by atoms with E-state index in [9.17, 15) is 18.3 Å². The van der Waals surface area contributed by atoms with E-state index in [1.165, 1.54) is 0 Å². The number of benzene rings is 2. The third-order valence-corrected chi connectivity index (χ3v) is 4.66. The molecule has 0 aromatic heterocycles. The molecule has 0 heterocycles. The Kier molecular flexibility index (Phi) is 4.48. The molecule has 2 aromatic rings. The average Bonchev–Trinajstić information content (AvgIpc) is 2.47. The highest BCUT2D eigenvalue weighted by molar-refractivity contribution is 7.89. The lowest BCUT2D eigenvalue weighted by Gasteiger charge is -2.16. The van der Waals surface area contributed by atoms with E-state index < -0.39 is 33.3 Å². The van der Waals surface area contributed by atoms with Gasteiger partial charge in [0.2, 0.25) is 10.0 Å². The average molecular weight is 320 g/mol. The van der Waals surface area contributed by atoms with Crippen LogP contribution in [0.15, 0.2) is 53.4 Å². The summed E-state index contributed by atoms with van der Waals surface area (Å²) < 4.78 is 27.0. The van der Waals surface area contributed by atoms with Crippen LogP contribution in [0.3, 0.4) is 0 Å². The smallest absolute Gasteiger partial charge is 0.335 e. The highest BCUT2D eigenvalue weighted by Gasteiger charge is 2.19. The van der Waals surface area contributed by atoms with Crippen molar-refractivity contribution in [3.05, 3.63) is 59.7 Å². The zero-order valence-corrected chi connectivity index (χ0v) is 12.5. The molecule has 0 aliphatic heterocycles. The number of hydrogen-bond donors (Lipinski definition) is 2. The van der Waals surface area contributed by atoms with E-state index in [0.29, 0.717) is 0 Å². The molecule has 0 saturated carbocycles. The van der Waals surface area contributed by atoms with Crippen molar-refractivity contribution in [2.75, 3.05) is 0 Å². The number of aromatic carboxylic acids is 1. The standard InChI is InChI=1S/C15H15NO5S/c1-10(11-5-3-2-4-6-11)16-22(20,21)12-7-8-14(17)13(9-12)15(18)19/h2-10,16-17H,1H3,(H,18,19)/p-1/t10-/m1/s1. The van der Waals surface area contributed by atoms with E-state index in [1.54, 1.807) is 31.2 Å². The number of carboxylic acid groups (broad SMARTS) is 1. The largest absolute Gasteiger partial charge is 0.872 e. The summed E-state index contributed by atoms with van der Waals surface area (Å²) in [5.41, 5.74) is 0.195. The van der Waals surface area contributed by atoms with E-state index in [1.807, 2.05) is 6.07 Å². The fraction of sp³-hybridized carbons (Fsp3) is 0.133. The first-order valence-corrected chi connectivity index (χ1v) is 7.91. The summed E-state index contributed by atoms with van der Waals surface area (Å²) in [5, 5.41) is 20.3. The summed E-state index contributed by atoms with van der Waals surface area (Å²) in [5.74, 6) is -2.19. The van der Waals surface area contributed by atoms with Crippen molar-refractivity contribution < 1.29 is 23.4 Å². The van der Waals surface area contributed by atoms with Crippen LogP contribution in [0.2, 0.25) is 0 Å². The van der Waals surface area contributed by atoms with Crippen molar-refractivity contribution in [2.45, 2.75) is 17.9 Å². The molecule has 2 aromatic carbocycles. The van der Waals surface area contributed by atoms with Crippen LogP contribution < -0.4 is 9.83 Å². The Bertz CT molecular complexity index is 787. The summed E-state index contributed by atoms with van der Waals surface area (Å²) in [6.07, 6.45) is 0. The Hall–Kier alpha value is -2.38. The van der Waals surface area contributed by atoms with Gasteiger partial charge in [-0.2, -0.15) is 0 Å². The number of carbonyl (C=O) groups is 1. The molecule has 1 atom stereocenters. The lowest BCUT2D eigenvalue weighted by atomic mass is 10.1. The van der Waals surface area contributed by atoms with Gasteiger partial charge in [-0.25, -0.2) is 17.9 Å². The Labute approximate surface area is 128 Å². The first-order chi connectivity index (χ1) is 10.3.